The SMILES string of the molecule is Cc1ccc(Sc2ccc(N)cc2-c2ccccc2)cc1. The van der Waals surface area contributed by atoms with E-state index in [-0.39, 0.29) is 0 Å². The summed E-state index contributed by atoms with van der Waals surface area (Å²) in [5.74, 6) is 0. The first-order chi connectivity index (χ1) is 10.2. The Kier molecular flexibility index (Phi) is 3.98. The smallest absolute Gasteiger partial charge is 0.0321 e. The van der Waals surface area contributed by atoms with E-state index in [2.05, 4.69) is 61.5 Å². The van der Waals surface area contributed by atoms with Gasteiger partial charge in [-0.2, -0.15) is 0 Å². The van der Waals surface area contributed by atoms with Crippen LogP contribution in [0.25, 0.3) is 11.1 Å². The van der Waals surface area contributed by atoms with Gasteiger partial charge in [-0.3, -0.25) is 0 Å². The van der Waals surface area contributed by atoms with Gasteiger partial charge in [0.25, 0.3) is 0 Å². The molecule has 2 heteroatoms. The van der Waals surface area contributed by atoms with E-state index >= 15 is 0 Å². The summed E-state index contributed by atoms with van der Waals surface area (Å²) in [5, 5.41) is 0. The standard InChI is InChI=1S/C19H17NS/c1-14-7-10-17(11-8-14)21-19-12-9-16(20)13-18(19)15-5-3-2-4-6-15/h2-13H,20H2,1H3. The Morgan fingerprint density at radius 2 is 1.52 bits per heavy atom. The van der Waals surface area contributed by atoms with Crippen LogP contribution in [0.2, 0.25) is 0 Å². The molecule has 21 heavy (non-hydrogen) atoms. The second-order valence-corrected chi connectivity index (χ2v) is 6.15. The maximum absolute atomic E-state index is 5.97. The summed E-state index contributed by atoms with van der Waals surface area (Å²) in [6.45, 7) is 2.10. The van der Waals surface area contributed by atoms with E-state index in [9.17, 15) is 0 Å². The van der Waals surface area contributed by atoms with Crippen molar-refractivity contribution in [1.29, 1.82) is 0 Å². The molecule has 0 aliphatic carbocycles. The van der Waals surface area contributed by atoms with Crippen molar-refractivity contribution in [3.63, 3.8) is 0 Å². The van der Waals surface area contributed by atoms with Gasteiger partial charge >= 0.3 is 0 Å². The normalized spacial score (nSPS) is 10.5. The number of hydrogen-bond acceptors (Lipinski definition) is 2. The first kappa shape index (κ1) is 13.8. The molecule has 1 nitrogen and oxygen atoms in total. The predicted octanol–water partition coefficient (Wildman–Crippen LogP) is 5.40. The van der Waals surface area contributed by atoms with E-state index in [4.69, 9.17) is 5.73 Å². The van der Waals surface area contributed by atoms with E-state index in [1.165, 1.54) is 26.5 Å². The lowest BCUT2D eigenvalue weighted by Crippen LogP contribution is -1.88. The fourth-order valence-corrected chi connectivity index (χ4v) is 3.16. The third-order valence-electron chi connectivity index (χ3n) is 3.34. The van der Waals surface area contributed by atoms with Crippen LogP contribution in [0.5, 0.6) is 0 Å². The van der Waals surface area contributed by atoms with Crippen LogP contribution < -0.4 is 5.73 Å². The molecule has 0 heterocycles. The second-order valence-electron chi connectivity index (χ2n) is 5.04. The van der Waals surface area contributed by atoms with Gasteiger partial charge in [-0.25, -0.2) is 0 Å². The topological polar surface area (TPSA) is 26.0 Å². The van der Waals surface area contributed by atoms with Gasteiger partial charge in [0.2, 0.25) is 0 Å². The molecule has 104 valence electrons. The second kappa shape index (κ2) is 6.06. The molecule has 0 spiro atoms. The van der Waals surface area contributed by atoms with Crippen LogP contribution in [0.4, 0.5) is 5.69 Å². The van der Waals surface area contributed by atoms with Gasteiger partial charge in [-0.05, 0) is 48.4 Å². The van der Waals surface area contributed by atoms with Gasteiger partial charge in [-0.15, -0.1) is 0 Å². The molecule has 0 saturated carbocycles. The molecular weight excluding hydrogens is 274 g/mol. The maximum atomic E-state index is 5.97. The number of hydrogen-bond donors (Lipinski definition) is 1. The minimum atomic E-state index is 0.794. The summed E-state index contributed by atoms with van der Waals surface area (Å²) in [5.41, 5.74) is 10.4. The molecule has 0 amide bonds. The monoisotopic (exact) mass is 291 g/mol. The Bertz CT molecular complexity index is 733. The summed E-state index contributed by atoms with van der Waals surface area (Å²) in [6.07, 6.45) is 0. The van der Waals surface area contributed by atoms with Gasteiger partial charge in [0.15, 0.2) is 0 Å². The highest BCUT2D eigenvalue weighted by Gasteiger charge is 2.07. The quantitative estimate of drug-likeness (QED) is 0.654. The highest BCUT2D eigenvalue weighted by molar-refractivity contribution is 7.99. The molecule has 0 aromatic heterocycles. The molecule has 3 aromatic rings. The van der Waals surface area contributed by atoms with Crippen LogP contribution in [-0.2, 0) is 0 Å². The number of anilines is 1. The van der Waals surface area contributed by atoms with Gasteiger partial charge in [0.05, 0.1) is 0 Å². The Labute approximate surface area is 129 Å². The Hall–Kier alpha value is -2.19. The van der Waals surface area contributed by atoms with Crippen LogP contribution in [0, 0.1) is 6.92 Å². The summed E-state index contributed by atoms with van der Waals surface area (Å²) < 4.78 is 0. The summed E-state index contributed by atoms with van der Waals surface area (Å²) in [4.78, 5) is 2.46. The lowest BCUT2D eigenvalue weighted by atomic mass is 10.1. The van der Waals surface area contributed by atoms with Crippen molar-refractivity contribution in [3.05, 3.63) is 78.4 Å². The third-order valence-corrected chi connectivity index (χ3v) is 4.42. The predicted molar refractivity (Wildman–Crippen MR) is 91.6 cm³/mol. The highest BCUT2D eigenvalue weighted by atomic mass is 32.2. The van der Waals surface area contributed by atoms with E-state index in [1.54, 1.807) is 11.8 Å². The van der Waals surface area contributed by atoms with Crippen LogP contribution >= 0.6 is 11.8 Å². The largest absolute Gasteiger partial charge is 0.399 e. The fraction of sp³-hybridized carbons (Fsp3) is 0.0526. The van der Waals surface area contributed by atoms with E-state index in [0.29, 0.717) is 0 Å². The van der Waals surface area contributed by atoms with Crippen LogP contribution in [-0.4, -0.2) is 0 Å². The molecule has 0 radical (unpaired) electrons. The first-order valence-electron chi connectivity index (χ1n) is 6.92. The van der Waals surface area contributed by atoms with Crippen molar-refractivity contribution in [2.75, 3.05) is 5.73 Å². The molecule has 0 aliphatic rings. The van der Waals surface area contributed by atoms with Gasteiger partial charge < -0.3 is 5.73 Å². The third kappa shape index (κ3) is 3.29. The summed E-state index contributed by atoms with van der Waals surface area (Å²) >= 11 is 1.77. The van der Waals surface area contributed by atoms with E-state index < -0.39 is 0 Å². The molecule has 0 unspecified atom stereocenters. The highest BCUT2D eigenvalue weighted by Crippen LogP contribution is 2.37. The van der Waals surface area contributed by atoms with Crippen LogP contribution in [0.3, 0.4) is 0 Å². The lowest BCUT2D eigenvalue weighted by Gasteiger charge is -2.11. The van der Waals surface area contributed by atoms with Gasteiger partial charge in [0.1, 0.15) is 0 Å². The number of aryl methyl sites for hydroxylation is 1. The zero-order chi connectivity index (χ0) is 14.7. The fourth-order valence-electron chi connectivity index (χ4n) is 2.21. The Morgan fingerprint density at radius 3 is 2.24 bits per heavy atom. The van der Waals surface area contributed by atoms with Crippen molar-refractivity contribution >= 4 is 17.4 Å². The Morgan fingerprint density at radius 1 is 0.810 bits per heavy atom. The summed E-state index contributed by atoms with van der Waals surface area (Å²) in [6, 6.07) is 25.1. The zero-order valence-corrected chi connectivity index (χ0v) is 12.7. The van der Waals surface area contributed by atoms with Crippen molar-refractivity contribution in [1.82, 2.24) is 0 Å². The maximum Gasteiger partial charge on any atom is 0.0321 e. The number of rotatable bonds is 3. The Balaban J connectivity index is 2.00. The average molecular weight is 291 g/mol. The average Bonchev–Trinajstić information content (AvgIpc) is 2.52. The van der Waals surface area contributed by atoms with E-state index in [0.717, 1.165) is 5.69 Å². The lowest BCUT2D eigenvalue weighted by molar-refractivity contribution is 1.36. The molecule has 3 aromatic carbocycles. The zero-order valence-electron chi connectivity index (χ0n) is 11.9. The van der Waals surface area contributed by atoms with Crippen molar-refractivity contribution in [2.24, 2.45) is 0 Å². The molecule has 0 fully saturated rings. The molecule has 0 bridgehead atoms. The minimum Gasteiger partial charge on any atom is -0.399 e. The summed E-state index contributed by atoms with van der Waals surface area (Å²) in [7, 11) is 0. The molecule has 3 rings (SSSR count). The number of nitrogens with two attached hydrogens (primary N) is 1. The van der Waals surface area contributed by atoms with Gasteiger partial charge in [-0.1, -0.05) is 59.8 Å². The number of benzene rings is 3. The number of nitrogen functional groups attached to an aromatic ring is 1. The van der Waals surface area contributed by atoms with Crippen molar-refractivity contribution < 1.29 is 0 Å². The van der Waals surface area contributed by atoms with Crippen LogP contribution in [0.15, 0.2) is 82.6 Å². The minimum absolute atomic E-state index is 0.794. The van der Waals surface area contributed by atoms with Crippen LogP contribution in [0.1, 0.15) is 5.56 Å². The van der Waals surface area contributed by atoms with E-state index in [1.807, 2.05) is 18.2 Å². The van der Waals surface area contributed by atoms with Gasteiger partial charge in [0, 0.05) is 15.5 Å². The molecule has 2 N–H and O–H groups in total. The molecule has 0 aliphatic heterocycles. The first-order valence-corrected chi connectivity index (χ1v) is 7.73. The molecule has 0 saturated heterocycles. The molecule has 0 atom stereocenters. The van der Waals surface area contributed by atoms with Crippen molar-refractivity contribution in [3.8, 4) is 11.1 Å². The molecular formula is C19H17NS. The van der Waals surface area contributed by atoms with Crippen molar-refractivity contribution in [2.45, 2.75) is 16.7 Å².